The van der Waals surface area contributed by atoms with Crippen molar-refractivity contribution in [2.75, 3.05) is 13.1 Å². The summed E-state index contributed by atoms with van der Waals surface area (Å²) in [4.78, 5) is 23.7. The van der Waals surface area contributed by atoms with Gasteiger partial charge in [-0.2, -0.15) is 0 Å². The second-order valence-electron chi connectivity index (χ2n) is 4.37. The minimum Gasteiger partial charge on any atom is -0.457 e. The Bertz CT molecular complexity index is 406. The van der Waals surface area contributed by atoms with Crippen molar-refractivity contribution >= 4 is 12.2 Å². The molecule has 0 atom stereocenters. The summed E-state index contributed by atoms with van der Waals surface area (Å²) in [6.07, 6.45) is 2.30. The third-order valence-corrected chi connectivity index (χ3v) is 3.17. The summed E-state index contributed by atoms with van der Waals surface area (Å²) < 4.78 is 5.31. The first-order valence-electron chi connectivity index (χ1n) is 5.74. The van der Waals surface area contributed by atoms with Gasteiger partial charge in [-0.05, 0) is 38.1 Å². The van der Waals surface area contributed by atoms with E-state index in [1.54, 1.807) is 6.07 Å². The van der Waals surface area contributed by atoms with Crippen molar-refractivity contribution in [3.8, 4) is 0 Å². The second-order valence-corrected chi connectivity index (χ2v) is 4.37. The zero-order chi connectivity index (χ0) is 12.3. The Morgan fingerprint density at radius 2 is 2.18 bits per heavy atom. The molecule has 5 nitrogen and oxygen atoms in total. The Kier molecular flexibility index (Phi) is 3.58. The van der Waals surface area contributed by atoms with Crippen molar-refractivity contribution < 1.29 is 14.0 Å². The first kappa shape index (κ1) is 11.9. The number of aldehydes is 1. The molecule has 17 heavy (non-hydrogen) atoms. The molecular formula is C12H16N2O3. The molecule has 2 rings (SSSR count). The number of furan rings is 1. The van der Waals surface area contributed by atoms with Gasteiger partial charge in [-0.3, -0.25) is 14.5 Å². The van der Waals surface area contributed by atoms with Crippen LogP contribution in [0.4, 0.5) is 0 Å². The van der Waals surface area contributed by atoms with E-state index in [2.05, 4.69) is 4.90 Å². The molecule has 2 N–H and O–H groups in total. The molecule has 5 heteroatoms. The lowest BCUT2D eigenvalue weighted by Crippen LogP contribution is -2.38. The van der Waals surface area contributed by atoms with E-state index in [0.29, 0.717) is 18.6 Å². The average Bonchev–Trinajstić information content (AvgIpc) is 2.77. The molecule has 92 valence electrons. The van der Waals surface area contributed by atoms with Crippen LogP contribution in [0.2, 0.25) is 0 Å². The van der Waals surface area contributed by atoms with Crippen molar-refractivity contribution in [3.63, 3.8) is 0 Å². The van der Waals surface area contributed by atoms with Gasteiger partial charge >= 0.3 is 0 Å². The van der Waals surface area contributed by atoms with E-state index in [0.717, 1.165) is 31.7 Å². The fraction of sp³-hybridized carbons (Fsp3) is 0.500. The third kappa shape index (κ3) is 2.94. The largest absolute Gasteiger partial charge is 0.457 e. The van der Waals surface area contributed by atoms with Gasteiger partial charge in [0.2, 0.25) is 5.91 Å². The van der Waals surface area contributed by atoms with Gasteiger partial charge in [0.05, 0.1) is 6.54 Å². The minimum atomic E-state index is -0.203. The molecule has 0 spiro atoms. The number of carbonyl (C=O) groups excluding carboxylic acids is 2. The monoisotopic (exact) mass is 236 g/mol. The fourth-order valence-electron chi connectivity index (χ4n) is 2.14. The number of hydrogen-bond donors (Lipinski definition) is 1. The maximum atomic E-state index is 11.0. The van der Waals surface area contributed by atoms with Crippen LogP contribution >= 0.6 is 0 Å². The van der Waals surface area contributed by atoms with Gasteiger partial charge in [0.15, 0.2) is 12.0 Å². The van der Waals surface area contributed by atoms with E-state index in [1.807, 2.05) is 6.07 Å². The van der Waals surface area contributed by atoms with Gasteiger partial charge in [0, 0.05) is 5.92 Å². The highest BCUT2D eigenvalue weighted by molar-refractivity contribution is 5.76. The predicted octanol–water partition coefficient (Wildman–Crippen LogP) is 0.789. The van der Waals surface area contributed by atoms with Gasteiger partial charge in [0.1, 0.15) is 5.76 Å². The van der Waals surface area contributed by atoms with Crippen LogP contribution < -0.4 is 5.73 Å². The van der Waals surface area contributed by atoms with Crippen LogP contribution in [0, 0.1) is 5.92 Å². The average molecular weight is 236 g/mol. The molecule has 1 amide bonds. The Morgan fingerprint density at radius 3 is 2.71 bits per heavy atom. The van der Waals surface area contributed by atoms with Gasteiger partial charge in [-0.25, -0.2) is 0 Å². The number of primary amides is 1. The van der Waals surface area contributed by atoms with Crippen LogP contribution in [0.25, 0.3) is 0 Å². The van der Waals surface area contributed by atoms with Gasteiger partial charge < -0.3 is 10.2 Å². The minimum absolute atomic E-state index is 0.00777. The lowest BCUT2D eigenvalue weighted by atomic mass is 9.96. The molecule has 1 aliphatic heterocycles. The molecule has 0 saturated carbocycles. The molecule has 1 fully saturated rings. The number of nitrogens with two attached hydrogens (primary N) is 1. The van der Waals surface area contributed by atoms with Crippen molar-refractivity contribution in [2.45, 2.75) is 19.4 Å². The molecule has 0 bridgehead atoms. The molecule has 1 saturated heterocycles. The lowest BCUT2D eigenvalue weighted by Gasteiger charge is -2.29. The summed E-state index contributed by atoms with van der Waals surface area (Å²) in [6.45, 7) is 2.36. The number of rotatable bonds is 4. The molecule has 1 aromatic heterocycles. The van der Waals surface area contributed by atoms with E-state index in [4.69, 9.17) is 10.2 Å². The quantitative estimate of drug-likeness (QED) is 0.784. The summed E-state index contributed by atoms with van der Waals surface area (Å²) in [5, 5.41) is 0. The van der Waals surface area contributed by atoms with Gasteiger partial charge in [-0.1, -0.05) is 0 Å². The van der Waals surface area contributed by atoms with E-state index < -0.39 is 0 Å². The number of likely N-dealkylation sites (tertiary alicyclic amines) is 1. The van der Waals surface area contributed by atoms with Crippen LogP contribution in [-0.4, -0.2) is 30.2 Å². The van der Waals surface area contributed by atoms with Gasteiger partial charge in [-0.15, -0.1) is 0 Å². The van der Waals surface area contributed by atoms with Crippen molar-refractivity contribution in [1.82, 2.24) is 4.90 Å². The van der Waals surface area contributed by atoms with Gasteiger partial charge in [0.25, 0.3) is 0 Å². The highest BCUT2D eigenvalue weighted by Gasteiger charge is 2.23. The normalized spacial score (nSPS) is 18.1. The smallest absolute Gasteiger partial charge is 0.220 e. The zero-order valence-corrected chi connectivity index (χ0v) is 9.59. The van der Waals surface area contributed by atoms with E-state index >= 15 is 0 Å². The summed E-state index contributed by atoms with van der Waals surface area (Å²) >= 11 is 0. The number of nitrogens with zero attached hydrogens (tertiary/aromatic N) is 1. The Hall–Kier alpha value is -1.62. The number of amides is 1. The molecule has 0 radical (unpaired) electrons. The predicted molar refractivity (Wildman–Crippen MR) is 61.3 cm³/mol. The van der Waals surface area contributed by atoms with Crippen molar-refractivity contribution in [2.24, 2.45) is 11.7 Å². The molecule has 1 aromatic rings. The number of hydrogen-bond acceptors (Lipinski definition) is 4. The van der Waals surface area contributed by atoms with Crippen LogP contribution in [0.5, 0.6) is 0 Å². The molecule has 2 heterocycles. The van der Waals surface area contributed by atoms with Crippen LogP contribution in [0.1, 0.15) is 29.2 Å². The van der Waals surface area contributed by atoms with E-state index in [9.17, 15) is 9.59 Å². The number of piperidine rings is 1. The van der Waals surface area contributed by atoms with E-state index in [1.165, 1.54) is 0 Å². The first-order chi connectivity index (χ1) is 8.19. The van der Waals surface area contributed by atoms with Crippen molar-refractivity contribution in [1.29, 1.82) is 0 Å². The van der Waals surface area contributed by atoms with Crippen LogP contribution in [-0.2, 0) is 11.3 Å². The molecule has 1 aliphatic rings. The summed E-state index contributed by atoms with van der Waals surface area (Å²) in [6, 6.07) is 3.47. The Morgan fingerprint density at radius 1 is 1.47 bits per heavy atom. The molecule has 0 aliphatic carbocycles. The zero-order valence-electron chi connectivity index (χ0n) is 9.59. The second kappa shape index (κ2) is 5.14. The summed E-state index contributed by atoms with van der Waals surface area (Å²) in [5.41, 5.74) is 5.27. The van der Waals surface area contributed by atoms with Crippen molar-refractivity contribution in [3.05, 3.63) is 23.7 Å². The Labute approximate surface area is 99.6 Å². The fourth-order valence-corrected chi connectivity index (χ4v) is 2.14. The molecule has 0 unspecified atom stereocenters. The van der Waals surface area contributed by atoms with E-state index in [-0.39, 0.29) is 11.8 Å². The van der Waals surface area contributed by atoms with Crippen LogP contribution in [0.3, 0.4) is 0 Å². The highest BCUT2D eigenvalue weighted by atomic mass is 16.3. The molecule has 0 aromatic carbocycles. The first-order valence-corrected chi connectivity index (χ1v) is 5.74. The summed E-state index contributed by atoms with van der Waals surface area (Å²) in [7, 11) is 0. The third-order valence-electron chi connectivity index (χ3n) is 3.17. The Balaban J connectivity index is 1.85. The lowest BCUT2D eigenvalue weighted by molar-refractivity contribution is -0.123. The highest BCUT2D eigenvalue weighted by Crippen LogP contribution is 2.19. The SMILES string of the molecule is NC(=O)C1CCN(Cc2ccc(C=O)o2)CC1. The topological polar surface area (TPSA) is 76.5 Å². The van der Waals surface area contributed by atoms with Crippen LogP contribution in [0.15, 0.2) is 16.5 Å². The maximum Gasteiger partial charge on any atom is 0.220 e. The molecular weight excluding hydrogens is 220 g/mol. The number of carbonyl (C=O) groups is 2. The maximum absolute atomic E-state index is 11.0. The standard InChI is InChI=1S/C12H16N2O3/c13-12(16)9-3-5-14(6-4-9)7-10-1-2-11(8-15)17-10/h1-2,8-9H,3-7H2,(H2,13,16). The summed E-state index contributed by atoms with van der Waals surface area (Å²) in [5.74, 6) is 0.941.